The van der Waals surface area contributed by atoms with Gasteiger partial charge in [-0.05, 0) is 25.5 Å². The second-order valence-corrected chi connectivity index (χ2v) is 5.18. The highest BCUT2D eigenvalue weighted by molar-refractivity contribution is 6.03. The molecule has 1 aliphatic rings. The molecule has 1 aromatic carbocycles. The molecule has 20 heavy (non-hydrogen) atoms. The van der Waals surface area contributed by atoms with Crippen molar-refractivity contribution in [3.63, 3.8) is 0 Å². The van der Waals surface area contributed by atoms with Gasteiger partial charge in [0.1, 0.15) is 11.6 Å². The van der Waals surface area contributed by atoms with Crippen molar-refractivity contribution < 1.29 is 18.3 Å². The van der Waals surface area contributed by atoms with Crippen LogP contribution in [0, 0.1) is 11.6 Å². The Labute approximate surface area is 117 Å². The molecule has 0 spiro atoms. The van der Waals surface area contributed by atoms with E-state index in [1.54, 1.807) is 0 Å². The Morgan fingerprint density at radius 2 is 2.00 bits per heavy atom. The van der Waals surface area contributed by atoms with Gasteiger partial charge in [0, 0.05) is 19.2 Å². The molecule has 0 aromatic heterocycles. The maximum Gasteiger partial charge on any atom is 0.185 e. The van der Waals surface area contributed by atoms with Gasteiger partial charge < -0.3 is 4.74 Å². The van der Waals surface area contributed by atoms with Crippen LogP contribution in [0.1, 0.15) is 30.6 Å². The zero-order valence-corrected chi connectivity index (χ0v) is 11.8. The summed E-state index contributed by atoms with van der Waals surface area (Å²) in [6.45, 7) is 6.11. The van der Waals surface area contributed by atoms with Crippen LogP contribution in [-0.4, -0.2) is 42.5 Å². The lowest BCUT2D eigenvalue weighted by Crippen LogP contribution is -2.56. The molecule has 1 unspecified atom stereocenters. The second-order valence-electron chi connectivity index (χ2n) is 5.18. The van der Waals surface area contributed by atoms with E-state index in [2.05, 4.69) is 0 Å². The maximum atomic E-state index is 13.8. The number of nitrogens with zero attached hydrogens (tertiary/aromatic N) is 1. The van der Waals surface area contributed by atoms with Crippen LogP contribution in [0.5, 0.6) is 0 Å². The van der Waals surface area contributed by atoms with Gasteiger partial charge in [-0.15, -0.1) is 0 Å². The number of carbonyl (C=O) groups is 1. The van der Waals surface area contributed by atoms with Crippen LogP contribution in [0.15, 0.2) is 18.2 Å². The van der Waals surface area contributed by atoms with E-state index in [4.69, 9.17) is 4.74 Å². The molecule has 1 heterocycles. The van der Waals surface area contributed by atoms with E-state index in [1.807, 2.05) is 18.7 Å². The molecule has 0 radical (unpaired) electrons. The molecule has 5 heteroatoms. The third kappa shape index (κ3) is 2.74. The first-order valence-electron chi connectivity index (χ1n) is 6.81. The van der Waals surface area contributed by atoms with Crippen molar-refractivity contribution in [3.05, 3.63) is 35.4 Å². The predicted molar refractivity (Wildman–Crippen MR) is 71.8 cm³/mol. The molecule has 0 amide bonds. The highest BCUT2D eigenvalue weighted by atomic mass is 19.1. The minimum absolute atomic E-state index is 0.0535. The number of morpholine rings is 1. The van der Waals surface area contributed by atoms with Gasteiger partial charge in [0.15, 0.2) is 5.78 Å². The van der Waals surface area contributed by atoms with Gasteiger partial charge >= 0.3 is 0 Å². The lowest BCUT2D eigenvalue weighted by Gasteiger charge is -2.41. The van der Waals surface area contributed by atoms with E-state index < -0.39 is 17.2 Å². The number of benzene rings is 1. The summed E-state index contributed by atoms with van der Waals surface area (Å²) in [5.74, 6) is -1.79. The minimum Gasteiger partial charge on any atom is -0.379 e. The molecule has 1 fully saturated rings. The summed E-state index contributed by atoms with van der Waals surface area (Å²) < 4.78 is 32.1. The molecular formula is C15H19F2NO2. The second kappa shape index (κ2) is 5.97. The van der Waals surface area contributed by atoms with Gasteiger partial charge in [-0.1, -0.05) is 6.92 Å². The summed E-state index contributed by atoms with van der Waals surface area (Å²) in [6.07, 6.45) is 0.558. The van der Waals surface area contributed by atoms with Crippen LogP contribution < -0.4 is 0 Å². The Hall–Kier alpha value is -1.33. The number of ether oxygens (including phenoxy) is 1. The molecule has 0 bridgehead atoms. The molecule has 3 nitrogen and oxygen atoms in total. The van der Waals surface area contributed by atoms with Gasteiger partial charge in [-0.25, -0.2) is 8.78 Å². The number of rotatable bonds is 4. The fourth-order valence-corrected chi connectivity index (χ4v) is 2.55. The first-order valence-corrected chi connectivity index (χ1v) is 6.81. The van der Waals surface area contributed by atoms with Gasteiger partial charge in [-0.3, -0.25) is 9.69 Å². The minimum atomic E-state index is -0.803. The third-order valence-corrected chi connectivity index (χ3v) is 4.06. The fraction of sp³-hybridized carbons (Fsp3) is 0.533. The number of Topliss-reactive ketones (excluding diaryl/α,β-unsaturated/α-hetero) is 1. The number of hydrogen-bond acceptors (Lipinski definition) is 3. The predicted octanol–water partition coefficient (Wildman–Crippen LogP) is 2.65. The van der Waals surface area contributed by atoms with Gasteiger partial charge in [-0.2, -0.15) is 0 Å². The summed E-state index contributed by atoms with van der Waals surface area (Å²) in [4.78, 5) is 14.7. The highest BCUT2D eigenvalue weighted by Crippen LogP contribution is 2.27. The summed E-state index contributed by atoms with van der Waals surface area (Å²) in [5, 5.41) is 0. The Bertz CT molecular complexity index is 501. The first-order chi connectivity index (χ1) is 9.49. The van der Waals surface area contributed by atoms with Crippen molar-refractivity contribution >= 4 is 5.78 Å². The zero-order valence-electron chi connectivity index (χ0n) is 11.8. The monoisotopic (exact) mass is 283 g/mol. The quantitative estimate of drug-likeness (QED) is 0.796. The molecule has 110 valence electrons. The van der Waals surface area contributed by atoms with E-state index in [-0.39, 0.29) is 11.3 Å². The average molecular weight is 283 g/mol. The largest absolute Gasteiger partial charge is 0.379 e. The standard InChI is InChI=1S/C15H19F2NO2/c1-3-15(2,18-6-8-20-9-7-18)14(19)12-5-4-11(16)10-13(12)17/h4-5,10H,3,6-9H2,1-2H3. The van der Waals surface area contributed by atoms with Crippen molar-refractivity contribution in [1.29, 1.82) is 0 Å². The van der Waals surface area contributed by atoms with Crippen LogP contribution in [0.25, 0.3) is 0 Å². The van der Waals surface area contributed by atoms with E-state index in [0.29, 0.717) is 32.7 Å². The summed E-state index contributed by atoms with van der Waals surface area (Å²) in [6, 6.07) is 3.09. The van der Waals surface area contributed by atoms with Crippen LogP contribution in [-0.2, 0) is 4.74 Å². The van der Waals surface area contributed by atoms with Gasteiger partial charge in [0.2, 0.25) is 0 Å². The van der Waals surface area contributed by atoms with Crippen LogP contribution in [0.2, 0.25) is 0 Å². The van der Waals surface area contributed by atoms with Crippen molar-refractivity contribution in [1.82, 2.24) is 4.90 Å². The van der Waals surface area contributed by atoms with E-state index in [1.165, 1.54) is 6.07 Å². The molecule has 0 saturated carbocycles. The summed E-state index contributed by atoms with van der Waals surface area (Å²) in [7, 11) is 0. The van der Waals surface area contributed by atoms with E-state index >= 15 is 0 Å². The average Bonchev–Trinajstić information content (AvgIpc) is 2.46. The third-order valence-electron chi connectivity index (χ3n) is 4.06. The van der Waals surface area contributed by atoms with Crippen LogP contribution in [0.3, 0.4) is 0 Å². The zero-order chi connectivity index (χ0) is 14.8. The Kier molecular flexibility index (Phi) is 4.50. The number of hydrogen-bond donors (Lipinski definition) is 0. The van der Waals surface area contributed by atoms with Gasteiger partial charge in [0.25, 0.3) is 0 Å². The fourth-order valence-electron chi connectivity index (χ4n) is 2.55. The number of ketones is 1. The molecule has 0 N–H and O–H groups in total. The van der Waals surface area contributed by atoms with Crippen molar-refractivity contribution in [2.45, 2.75) is 25.8 Å². The molecule has 0 aliphatic carbocycles. The smallest absolute Gasteiger partial charge is 0.185 e. The van der Waals surface area contributed by atoms with Crippen molar-refractivity contribution in [2.75, 3.05) is 26.3 Å². The Morgan fingerprint density at radius 1 is 1.35 bits per heavy atom. The summed E-state index contributed by atoms with van der Waals surface area (Å²) >= 11 is 0. The van der Waals surface area contributed by atoms with Crippen molar-refractivity contribution in [2.24, 2.45) is 0 Å². The lowest BCUT2D eigenvalue weighted by atomic mass is 9.86. The topological polar surface area (TPSA) is 29.5 Å². The normalized spacial score (nSPS) is 19.6. The van der Waals surface area contributed by atoms with Gasteiger partial charge in [0.05, 0.1) is 24.3 Å². The molecule has 1 atom stereocenters. The Balaban J connectivity index is 2.32. The molecule has 1 saturated heterocycles. The molecule has 2 rings (SSSR count). The Morgan fingerprint density at radius 3 is 2.55 bits per heavy atom. The highest BCUT2D eigenvalue weighted by Gasteiger charge is 2.39. The van der Waals surface area contributed by atoms with Crippen LogP contribution in [0.4, 0.5) is 8.78 Å². The lowest BCUT2D eigenvalue weighted by molar-refractivity contribution is -0.0107. The van der Waals surface area contributed by atoms with Crippen LogP contribution >= 0.6 is 0 Å². The molecular weight excluding hydrogens is 264 g/mol. The van der Waals surface area contributed by atoms with E-state index in [0.717, 1.165) is 12.1 Å². The molecule has 1 aliphatic heterocycles. The number of halogens is 2. The van der Waals surface area contributed by atoms with E-state index in [9.17, 15) is 13.6 Å². The van der Waals surface area contributed by atoms with Crippen molar-refractivity contribution in [3.8, 4) is 0 Å². The first kappa shape index (κ1) is 15.1. The molecule has 1 aromatic rings. The maximum absolute atomic E-state index is 13.8. The summed E-state index contributed by atoms with van der Waals surface area (Å²) in [5.41, 5.74) is -0.843. The SMILES string of the molecule is CCC(C)(C(=O)c1ccc(F)cc1F)N1CCOCC1. The number of carbonyl (C=O) groups excluding carboxylic acids is 1.